The maximum atomic E-state index is 5.63. The molecule has 1 aliphatic heterocycles. The summed E-state index contributed by atoms with van der Waals surface area (Å²) < 4.78 is 5.63. The van der Waals surface area contributed by atoms with Crippen molar-refractivity contribution in [2.45, 2.75) is 129 Å². The standard InChI is InChI=1S/C22H43NO/c1-3-5-6-7-8-9-10-11-12-13-14-15-16-17-18-19-22-23-21(4-2)20-24-22/h21H,3-20H2,1-2H3. The Balaban J connectivity index is 1.72. The van der Waals surface area contributed by atoms with Gasteiger partial charge in [0.2, 0.25) is 0 Å². The Morgan fingerprint density at radius 3 is 1.58 bits per heavy atom. The van der Waals surface area contributed by atoms with Crippen molar-refractivity contribution in [2.24, 2.45) is 4.99 Å². The van der Waals surface area contributed by atoms with Crippen molar-refractivity contribution < 1.29 is 4.74 Å². The van der Waals surface area contributed by atoms with Crippen LogP contribution in [0.25, 0.3) is 0 Å². The third-order valence-electron chi connectivity index (χ3n) is 5.23. The largest absolute Gasteiger partial charge is 0.479 e. The van der Waals surface area contributed by atoms with Crippen LogP contribution in [-0.4, -0.2) is 18.5 Å². The molecule has 0 radical (unpaired) electrons. The lowest BCUT2D eigenvalue weighted by molar-refractivity contribution is 0.306. The van der Waals surface area contributed by atoms with Crippen molar-refractivity contribution in [3.63, 3.8) is 0 Å². The van der Waals surface area contributed by atoms with Crippen molar-refractivity contribution in [3.8, 4) is 0 Å². The topological polar surface area (TPSA) is 21.6 Å². The number of hydrogen-bond acceptors (Lipinski definition) is 2. The molecule has 0 spiro atoms. The molecule has 0 aromatic rings. The lowest BCUT2D eigenvalue weighted by atomic mass is 10.0. The van der Waals surface area contributed by atoms with Gasteiger partial charge in [0.15, 0.2) is 5.90 Å². The zero-order valence-electron chi connectivity index (χ0n) is 16.7. The van der Waals surface area contributed by atoms with Gasteiger partial charge in [-0.25, -0.2) is 4.99 Å². The van der Waals surface area contributed by atoms with E-state index in [1.54, 1.807) is 0 Å². The monoisotopic (exact) mass is 337 g/mol. The molecule has 1 heterocycles. The highest BCUT2D eigenvalue weighted by molar-refractivity contribution is 5.77. The molecule has 0 N–H and O–H groups in total. The van der Waals surface area contributed by atoms with Gasteiger partial charge in [-0.15, -0.1) is 0 Å². The Morgan fingerprint density at radius 2 is 1.17 bits per heavy atom. The molecule has 0 aromatic carbocycles. The van der Waals surface area contributed by atoms with Crippen LogP contribution in [0, 0.1) is 0 Å². The molecule has 142 valence electrons. The smallest absolute Gasteiger partial charge is 0.183 e. The number of nitrogens with zero attached hydrogens (tertiary/aromatic N) is 1. The number of ether oxygens (including phenoxy) is 1. The van der Waals surface area contributed by atoms with Gasteiger partial charge >= 0.3 is 0 Å². The molecule has 0 fully saturated rings. The molecular formula is C22H43NO. The molecule has 0 bridgehead atoms. The Morgan fingerprint density at radius 1 is 0.708 bits per heavy atom. The second-order valence-electron chi connectivity index (χ2n) is 7.60. The van der Waals surface area contributed by atoms with Crippen LogP contribution in [-0.2, 0) is 4.74 Å². The van der Waals surface area contributed by atoms with Crippen molar-refractivity contribution in [1.82, 2.24) is 0 Å². The fourth-order valence-corrected chi connectivity index (χ4v) is 3.46. The van der Waals surface area contributed by atoms with Gasteiger partial charge in [0.25, 0.3) is 0 Å². The van der Waals surface area contributed by atoms with Crippen LogP contribution in [0.4, 0.5) is 0 Å². The fraction of sp³-hybridized carbons (Fsp3) is 0.955. The van der Waals surface area contributed by atoms with Gasteiger partial charge in [-0.1, -0.05) is 104 Å². The third kappa shape index (κ3) is 11.9. The first-order valence-electron chi connectivity index (χ1n) is 11.1. The molecule has 0 aliphatic carbocycles. The van der Waals surface area contributed by atoms with E-state index in [9.17, 15) is 0 Å². The minimum absolute atomic E-state index is 0.441. The van der Waals surface area contributed by atoms with E-state index in [2.05, 4.69) is 18.8 Å². The summed E-state index contributed by atoms with van der Waals surface area (Å²) >= 11 is 0. The highest BCUT2D eigenvalue weighted by Crippen LogP contribution is 2.15. The van der Waals surface area contributed by atoms with E-state index in [0.717, 1.165) is 25.3 Å². The third-order valence-corrected chi connectivity index (χ3v) is 5.23. The molecule has 2 heteroatoms. The number of aliphatic imine (C=N–C) groups is 1. The van der Waals surface area contributed by atoms with Crippen LogP contribution in [0.5, 0.6) is 0 Å². The lowest BCUT2D eigenvalue weighted by Crippen LogP contribution is -2.03. The van der Waals surface area contributed by atoms with Crippen molar-refractivity contribution in [2.75, 3.05) is 6.61 Å². The molecule has 0 amide bonds. The van der Waals surface area contributed by atoms with E-state index in [0.29, 0.717) is 6.04 Å². The normalized spacial score (nSPS) is 17.1. The average Bonchev–Trinajstić information content (AvgIpc) is 3.06. The van der Waals surface area contributed by atoms with Gasteiger partial charge in [0.05, 0.1) is 6.04 Å². The molecule has 1 unspecified atom stereocenters. The Hall–Kier alpha value is -0.530. The molecular weight excluding hydrogens is 294 g/mol. The second kappa shape index (κ2) is 16.0. The van der Waals surface area contributed by atoms with E-state index in [1.807, 2.05) is 0 Å². The zero-order valence-corrected chi connectivity index (χ0v) is 16.7. The molecule has 2 nitrogen and oxygen atoms in total. The van der Waals surface area contributed by atoms with E-state index in [4.69, 9.17) is 4.74 Å². The molecule has 0 saturated carbocycles. The summed E-state index contributed by atoms with van der Waals surface area (Å²) in [7, 11) is 0. The average molecular weight is 338 g/mol. The number of rotatable bonds is 17. The van der Waals surface area contributed by atoms with Gasteiger partial charge in [-0.3, -0.25) is 0 Å². The second-order valence-corrected chi connectivity index (χ2v) is 7.60. The maximum absolute atomic E-state index is 5.63. The summed E-state index contributed by atoms with van der Waals surface area (Å²) in [6.45, 7) is 5.30. The highest BCUT2D eigenvalue weighted by Gasteiger charge is 2.15. The van der Waals surface area contributed by atoms with E-state index in [1.165, 1.54) is 96.3 Å². The van der Waals surface area contributed by atoms with E-state index in [-0.39, 0.29) is 0 Å². The van der Waals surface area contributed by atoms with Crippen molar-refractivity contribution in [3.05, 3.63) is 0 Å². The first-order valence-corrected chi connectivity index (χ1v) is 11.1. The van der Waals surface area contributed by atoms with Gasteiger partial charge in [0.1, 0.15) is 6.61 Å². The molecule has 1 atom stereocenters. The predicted octanol–water partition coefficient (Wildman–Crippen LogP) is 7.46. The van der Waals surface area contributed by atoms with Crippen LogP contribution >= 0.6 is 0 Å². The van der Waals surface area contributed by atoms with Crippen LogP contribution in [0.3, 0.4) is 0 Å². The van der Waals surface area contributed by atoms with Crippen molar-refractivity contribution in [1.29, 1.82) is 0 Å². The van der Waals surface area contributed by atoms with Gasteiger partial charge in [0, 0.05) is 6.42 Å². The van der Waals surface area contributed by atoms with E-state index >= 15 is 0 Å². The van der Waals surface area contributed by atoms with Crippen molar-refractivity contribution >= 4 is 5.90 Å². The summed E-state index contributed by atoms with van der Waals surface area (Å²) in [6.07, 6.45) is 23.5. The Labute approximate surface area is 151 Å². The molecule has 24 heavy (non-hydrogen) atoms. The predicted molar refractivity (Wildman–Crippen MR) is 107 cm³/mol. The molecule has 0 aromatic heterocycles. The SMILES string of the molecule is CCCCCCCCCCCCCCCCCC1=NC(CC)CO1. The minimum atomic E-state index is 0.441. The van der Waals surface area contributed by atoms with Gasteiger partial charge in [-0.2, -0.15) is 0 Å². The first kappa shape index (κ1) is 21.5. The van der Waals surface area contributed by atoms with Crippen LogP contribution in [0.1, 0.15) is 123 Å². The van der Waals surface area contributed by atoms with Gasteiger partial charge in [-0.05, 0) is 12.8 Å². The number of hydrogen-bond donors (Lipinski definition) is 0. The number of unbranched alkanes of at least 4 members (excludes halogenated alkanes) is 14. The van der Waals surface area contributed by atoms with Crippen LogP contribution < -0.4 is 0 Å². The van der Waals surface area contributed by atoms with Gasteiger partial charge < -0.3 is 4.74 Å². The summed E-state index contributed by atoms with van der Waals surface area (Å²) in [5.41, 5.74) is 0. The molecule has 1 rings (SSSR count). The highest BCUT2D eigenvalue weighted by atomic mass is 16.5. The molecule has 1 aliphatic rings. The van der Waals surface area contributed by atoms with Crippen LogP contribution in [0.15, 0.2) is 4.99 Å². The summed E-state index contributed by atoms with van der Waals surface area (Å²) in [5, 5.41) is 0. The van der Waals surface area contributed by atoms with E-state index < -0.39 is 0 Å². The maximum Gasteiger partial charge on any atom is 0.183 e. The minimum Gasteiger partial charge on any atom is -0.479 e. The summed E-state index contributed by atoms with van der Waals surface area (Å²) in [4.78, 5) is 4.60. The zero-order chi connectivity index (χ0) is 17.3. The summed E-state index contributed by atoms with van der Waals surface area (Å²) in [6, 6.07) is 0.441. The first-order chi connectivity index (χ1) is 11.9. The Bertz CT molecular complexity index is 300. The quantitative estimate of drug-likeness (QED) is 0.252. The fourth-order valence-electron chi connectivity index (χ4n) is 3.46. The Kier molecular flexibility index (Phi) is 14.3. The summed E-state index contributed by atoms with van der Waals surface area (Å²) in [5.74, 6) is 1.02. The van der Waals surface area contributed by atoms with Crippen LogP contribution in [0.2, 0.25) is 0 Å². The molecule has 0 saturated heterocycles. The lowest BCUT2D eigenvalue weighted by Gasteiger charge is -2.04.